The molecule has 1 heterocycles. The quantitative estimate of drug-likeness (QED) is 0.0437. The number of nitrogens with one attached hydrogen (secondary N) is 6. The average molecular weight is 754 g/mol. The van der Waals surface area contributed by atoms with Crippen molar-refractivity contribution < 1.29 is 43.5 Å². The number of hydrogen-bond donors (Lipinski definition) is 11. The van der Waals surface area contributed by atoms with Gasteiger partial charge in [0.1, 0.15) is 24.2 Å². The number of nitrogens with two attached hydrogens (primary N) is 4. The lowest BCUT2D eigenvalue weighted by molar-refractivity contribution is -0.141. The van der Waals surface area contributed by atoms with Gasteiger partial charge < -0.3 is 59.9 Å². The lowest BCUT2D eigenvalue weighted by Crippen LogP contribution is -2.59. The molecular formula is C29H43N11O9S2. The molecule has 1 aromatic carbocycles. The van der Waals surface area contributed by atoms with Gasteiger partial charge in [0, 0.05) is 24.5 Å². The van der Waals surface area contributed by atoms with E-state index >= 15 is 0 Å². The molecule has 0 spiro atoms. The number of carbonyl (C=O) groups is 8. The van der Waals surface area contributed by atoms with E-state index in [1.54, 1.807) is 30.3 Å². The third-order valence-corrected chi connectivity index (χ3v) is 9.37. The van der Waals surface area contributed by atoms with Crippen LogP contribution in [0.3, 0.4) is 0 Å². The van der Waals surface area contributed by atoms with E-state index in [2.05, 4.69) is 36.9 Å². The lowest BCUT2D eigenvalue weighted by Gasteiger charge is -2.25. The molecule has 5 atom stereocenters. The molecule has 0 bridgehead atoms. The minimum Gasteiger partial charge on any atom is -0.481 e. The highest BCUT2D eigenvalue weighted by Gasteiger charge is 2.32. The summed E-state index contributed by atoms with van der Waals surface area (Å²) in [4.78, 5) is 106. The van der Waals surface area contributed by atoms with Gasteiger partial charge in [-0.1, -0.05) is 51.9 Å². The molecule has 20 nitrogen and oxygen atoms in total. The molecule has 0 radical (unpaired) electrons. The summed E-state index contributed by atoms with van der Waals surface area (Å²) in [6.07, 6.45) is -0.704. The van der Waals surface area contributed by atoms with Crippen LogP contribution in [0.25, 0.3) is 0 Å². The van der Waals surface area contributed by atoms with Gasteiger partial charge in [0.15, 0.2) is 5.96 Å². The Morgan fingerprint density at radius 1 is 0.843 bits per heavy atom. The maximum absolute atomic E-state index is 13.6. The Labute approximate surface area is 300 Å². The van der Waals surface area contributed by atoms with Crippen molar-refractivity contribution >= 4 is 74.9 Å². The zero-order valence-corrected chi connectivity index (χ0v) is 29.1. The number of rotatable bonds is 11. The van der Waals surface area contributed by atoms with Crippen LogP contribution in [0.15, 0.2) is 35.3 Å². The summed E-state index contributed by atoms with van der Waals surface area (Å²) in [5, 5.41) is 23.9. The van der Waals surface area contributed by atoms with E-state index in [4.69, 9.17) is 22.9 Å². The van der Waals surface area contributed by atoms with Crippen LogP contribution >= 0.6 is 21.6 Å². The number of carbonyl (C=O) groups excluding carboxylic acids is 7. The van der Waals surface area contributed by atoms with E-state index in [1.807, 2.05) is 0 Å². The summed E-state index contributed by atoms with van der Waals surface area (Å²) >= 11 is 0. The maximum Gasteiger partial charge on any atom is 0.305 e. The summed E-state index contributed by atoms with van der Waals surface area (Å²) in [7, 11) is 2.14. The van der Waals surface area contributed by atoms with Gasteiger partial charge in [-0.3, -0.25) is 43.3 Å². The normalized spacial score (nSPS) is 22.8. The van der Waals surface area contributed by atoms with E-state index in [1.165, 1.54) is 0 Å². The molecule has 0 aromatic heterocycles. The van der Waals surface area contributed by atoms with Crippen molar-refractivity contribution in [2.45, 2.75) is 55.9 Å². The number of carboxylic acids is 1. The fourth-order valence-corrected chi connectivity index (χ4v) is 6.65. The Morgan fingerprint density at radius 3 is 2.14 bits per heavy atom. The molecular weight excluding hydrogens is 711 g/mol. The van der Waals surface area contributed by atoms with E-state index in [-0.39, 0.29) is 43.3 Å². The molecule has 1 aliphatic heterocycles. The van der Waals surface area contributed by atoms with Crippen LogP contribution in [0.2, 0.25) is 0 Å². The summed E-state index contributed by atoms with van der Waals surface area (Å²) in [5.74, 6) is -7.70. The van der Waals surface area contributed by atoms with Crippen LogP contribution < -0.4 is 54.8 Å². The number of aliphatic carboxylic acids is 1. The highest BCUT2D eigenvalue weighted by Crippen LogP contribution is 2.23. The standard InChI is InChI=1S/C29H43N11O9S2/c30-16-13-50-51-14-20(26(47)35-11-21(31)41)40-27(48)18(9-15-5-2-1-3-6-15)39-28(49)19(10-23(43)44)37-22(42)12-36-25(46)17(38-24(16)45)7-4-8-34-29(32)33/h1-3,5-6,16-20H,4,7-14,30H2,(H2,31,41)(H,35,47)(H,36,46)(H,37,42)(H,38,45)(H,39,49)(H,40,48)(H,43,44)(H4,32,33,34)/t16-,17-,18-,19-,20-/m0/s1. The molecule has 1 aliphatic rings. The first-order valence-electron chi connectivity index (χ1n) is 15.5. The predicted molar refractivity (Wildman–Crippen MR) is 188 cm³/mol. The van der Waals surface area contributed by atoms with Crippen molar-refractivity contribution in [3.05, 3.63) is 35.9 Å². The second-order valence-electron chi connectivity index (χ2n) is 11.1. The minimum atomic E-state index is -1.70. The molecule has 1 saturated heterocycles. The van der Waals surface area contributed by atoms with Gasteiger partial charge in [-0.15, -0.1) is 0 Å². The van der Waals surface area contributed by atoms with Crippen LogP contribution in [0, 0.1) is 0 Å². The first-order valence-corrected chi connectivity index (χ1v) is 18.0. The molecule has 15 N–H and O–H groups in total. The van der Waals surface area contributed by atoms with E-state index in [9.17, 15) is 43.5 Å². The van der Waals surface area contributed by atoms with Crippen LogP contribution in [0.5, 0.6) is 0 Å². The smallest absolute Gasteiger partial charge is 0.305 e. The molecule has 280 valence electrons. The molecule has 0 unspecified atom stereocenters. The Hall–Kier alpha value is -5.09. The number of hydrogen-bond acceptors (Lipinski definition) is 12. The SMILES string of the molecule is NC(=O)CNC(=O)[C@@H]1CSSC[C@H](N)C(=O)N[C@@H](CCCN=C(N)N)C(=O)NCC(=O)N[C@@H](CC(=O)O)C(=O)N[C@@H](Cc2ccccc2)C(=O)N1. The van der Waals surface area contributed by atoms with E-state index in [0.29, 0.717) is 5.56 Å². The van der Waals surface area contributed by atoms with Crippen molar-refractivity contribution in [3.8, 4) is 0 Å². The van der Waals surface area contributed by atoms with Gasteiger partial charge in [-0.05, 0) is 18.4 Å². The van der Waals surface area contributed by atoms with Crippen molar-refractivity contribution in [3.63, 3.8) is 0 Å². The predicted octanol–water partition coefficient (Wildman–Crippen LogP) is -4.86. The molecule has 0 saturated carbocycles. The Bertz CT molecular complexity index is 1450. The van der Waals surface area contributed by atoms with Gasteiger partial charge >= 0.3 is 5.97 Å². The molecule has 0 aliphatic carbocycles. The second-order valence-corrected chi connectivity index (χ2v) is 13.7. The largest absolute Gasteiger partial charge is 0.481 e. The number of benzene rings is 1. The Balaban J connectivity index is 2.43. The molecule has 51 heavy (non-hydrogen) atoms. The highest BCUT2D eigenvalue weighted by molar-refractivity contribution is 8.76. The fraction of sp³-hybridized carbons (Fsp3) is 0.483. The van der Waals surface area contributed by atoms with Crippen LogP contribution in [-0.2, 0) is 44.8 Å². The minimum absolute atomic E-state index is 0.00245. The Kier molecular flexibility index (Phi) is 18.1. The number of nitrogens with zero attached hydrogens (tertiary/aromatic N) is 1. The van der Waals surface area contributed by atoms with Gasteiger partial charge in [0.2, 0.25) is 41.4 Å². The topological polar surface area (TPSA) is 345 Å². The lowest BCUT2D eigenvalue weighted by atomic mass is 10.0. The molecule has 7 amide bonds. The van der Waals surface area contributed by atoms with Crippen molar-refractivity contribution in [2.24, 2.45) is 27.9 Å². The maximum atomic E-state index is 13.6. The third-order valence-electron chi connectivity index (χ3n) is 6.92. The number of aliphatic imine (C=N–C) groups is 1. The van der Waals surface area contributed by atoms with Crippen LogP contribution in [-0.4, -0.2) is 120 Å². The van der Waals surface area contributed by atoms with Crippen molar-refractivity contribution in [2.75, 3.05) is 31.1 Å². The van der Waals surface area contributed by atoms with E-state index in [0.717, 1.165) is 21.6 Å². The number of carboxylic acid groups (broad SMARTS) is 1. The molecule has 1 fully saturated rings. The van der Waals surface area contributed by atoms with Gasteiger partial charge in [0.05, 0.1) is 25.6 Å². The fourth-order valence-electron chi connectivity index (χ4n) is 4.37. The average Bonchev–Trinajstić information content (AvgIpc) is 3.07. The highest BCUT2D eigenvalue weighted by atomic mass is 33.1. The number of guanidine groups is 1. The first-order chi connectivity index (χ1) is 24.2. The summed E-state index contributed by atoms with van der Waals surface area (Å²) < 4.78 is 0. The van der Waals surface area contributed by atoms with Crippen molar-refractivity contribution in [1.29, 1.82) is 0 Å². The summed E-state index contributed by atoms with van der Waals surface area (Å²) in [5.41, 5.74) is 22.5. The van der Waals surface area contributed by atoms with Crippen molar-refractivity contribution in [1.82, 2.24) is 31.9 Å². The molecule has 2 rings (SSSR count). The van der Waals surface area contributed by atoms with Gasteiger partial charge in [-0.25, -0.2) is 0 Å². The zero-order valence-electron chi connectivity index (χ0n) is 27.4. The van der Waals surface area contributed by atoms with Crippen LogP contribution in [0.4, 0.5) is 0 Å². The van der Waals surface area contributed by atoms with E-state index < -0.39 is 97.0 Å². The number of primary amides is 1. The van der Waals surface area contributed by atoms with Gasteiger partial charge in [-0.2, -0.15) is 0 Å². The molecule has 1 aromatic rings. The molecule has 22 heteroatoms. The first kappa shape index (κ1) is 42.1. The summed E-state index contributed by atoms with van der Waals surface area (Å²) in [6.45, 7) is -1.12. The zero-order chi connectivity index (χ0) is 37.9. The monoisotopic (exact) mass is 753 g/mol. The van der Waals surface area contributed by atoms with Gasteiger partial charge in [0.25, 0.3) is 0 Å². The Morgan fingerprint density at radius 2 is 1.49 bits per heavy atom. The summed E-state index contributed by atoms with van der Waals surface area (Å²) in [6, 6.07) is 1.78. The third kappa shape index (κ3) is 16.4. The second kappa shape index (κ2) is 21.9. The van der Waals surface area contributed by atoms with Crippen LogP contribution in [0.1, 0.15) is 24.8 Å². The number of amides is 7.